The molecule has 0 aliphatic heterocycles. The van der Waals surface area contributed by atoms with Crippen molar-refractivity contribution in [3.63, 3.8) is 0 Å². The fourth-order valence-corrected chi connectivity index (χ4v) is 3.66. The number of hydrogen-bond donors (Lipinski definition) is 1. The van der Waals surface area contributed by atoms with E-state index in [0.717, 1.165) is 32.4 Å². The molecule has 1 amide bonds. The summed E-state index contributed by atoms with van der Waals surface area (Å²) in [5, 5.41) is 8.68. The van der Waals surface area contributed by atoms with E-state index in [-0.39, 0.29) is 10.6 Å². The lowest BCUT2D eigenvalue weighted by Gasteiger charge is -2.17. The van der Waals surface area contributed by atoms with E-state index in [9.17, 15) is 35.2 Å². The van der Waals surface area contributed by atoms with Gasteiger partial charge in [0.15, 0.2) is 27.1 Å². The van der Waals surface area contributed by atoms with Gasteiger partial charge in [-0.1, -0.05) is 6.07 Å². The third kappa shape index (κ3) is 5.48. The number of ether oxygens (including phenoxy) is 2. The normalized spacial score (nSPS) is 11.8. The molecule has 8 nitrogen and oxygen atoms in total. The summed E-state index contributed by atoms with van der Waals surface area (Å²) in [5.74, 6) is -5.87. The minimum atomic E-state index is -4.99. The van der Waals surface area contributed by atoms with Crippen molar-refractivity contribution >= 4 is 21.4 Å². The number of nitrogens with zero attached hydrogens (tertiary/aromatic N) is 2. The van der Waals surface area contributed by atoms with Gasteiger partial charge in [-0.2, -0.15) is 17.6 Å². The SMILES string of the molecule is COc1c(Oc2nnc(C(F)(F)F)c(C)c2C(=O)Nc2cccc(S(C)(=O)=O)c2)ccc(F)c1F. The molecule has 0 atom stereocenters. The first-order valence-electron chi connectivity index (χ1n) is 9.49. The van der Waals surface area contributed by atoms with Crippen molar-refractivity contribution in [1.82, 2.24) is 10.2 Å². The molecule has 1 heterocycles. The standard InChI is InChI=1S/C21H16F5N3O5S/c1-10-15(19(30)27-11-5-4-6-12(9-11)35(3,31)32)20(29-28-18(10)21(24,25)26)34-14-8-7-13(22)16(23)17(14)33-2/h4-9H,1-3H3,(H,27,30). The summed E-state index contributed by atoms with van der Waals surface area (Å²) in [6.07, 6.45) is -4.05. The van der Waals surface area contributed by atoms with Gasteiger partial charge in [0, 0.05) is 11.9 Å². The van der Waals surface area contributed by atoms with E-state index in [1.165, 1.54) is 18.2 Å². The molecule has 0 fully saturated rings. The number of nitrogens with one attached hydrogen (secondary N) is 1. The highest BCUT2D eigenvalue weighted by molar-refractivity contribution is 7.90. The summed E-state index contributed by atoms with van der Waals surface area (Å²) in [6, 6.07) is 6.57. The number of amides is 1. The highest BCUT2D eigenvalue weighted by Crippen LogP contribution is 2.38. The zero-order valence-electron chi connectivity index (χ0n) is 18.2. The maximum atomic E-state index is 14.1. The number of rotatable bonds is 6. The molecule has 0 saturated carbocycles. The van der Waals surface area contributed by atoms with E-state index in [2.05, 4.69) is 15.5 Å². The van der Waals surface area contributed by atoms with Crippen LogP contribution >= 0.6 is 0 Å². The minimum Gasteiger partial charge on any atom is -0.490 e. The molecule has 0 aliphatic carbocycles. The molecule has 1 aromatic heterocycles. The van der Waals surface area contributed by atoms with Crippen LogP contribution in [0.15, 0.2) is 41.3 Å². The number of alkyl halides is 3. The van der Waals surface area contributed by atoms with Crippen molar-refractivity contribution in [1.29, 1.82) is 0 Å². The van der Waals surface area contributed by atoms with Gasteiger partial charge < -0.3 is 14.8 Å². The Kier molecular flexibility index (Phi) is 6.96. The van der Waals surface area contributed by atoms with Crippen molar-refractivity contribution in [3.8, 4) is 17.4 Å². The number of carbonyl (C=O) groups is 1. The average Bonchev–Trinajstić information content (AvgIpc) is 2.75. The maximum Gasteiger partial charge on any atom is 0.435 e. The quantitative estimate of drug-likeness (QED) is 0.479. The summed E-state index contributed by atoms with van der Waals surface area (Å²) in [7, 11) is -2.65. The molecule has 0 unspecified atom stereocenters. The van der Waals surface area contributed by atoms with Crippen LogP contribution in [0.3, 0.4) is 0 Å². The number of aromatic nitrogens is 2. The van der Waals surface area contributed by atoms with E-state index in [1.807, 2.05) is 0 Å². The number of hydrogen-bond acceptors (Lipinski definition) is 7. The Bertz CT molecular complexity index is 1410. The van der Waals surface area contributed by atoms with Crippen LogP contribution in [0.4, 0.5) is 27.6 Å². The third-order valence-electron chi connectivity index (χ3n) is 4.63. The summed E-state index contributed by atoms with van der Waals surface area (Å²) in [5.41, 5.74) is -2.96. The van der Waals surface area contributed by atoms with E-state index in [4.69, 9.17) is 9.47 Å². The molecule has 0 aliphatic rings. The van der Waals surface area contributed by atoms with Crippen molar-refractivity contribution in [3.05, 3.63) is 64.9 Å². The molecule has 0 saturated heterocycles. The first-order chi connectivity index (χ1) is 16.2. The highest BCUT2D eigenvalue weighted by Gasteiger charge is 2.38. The molecule has 2 aromatic carbocycles. The van der Waals surface area contributed by atoms with Gasteiger partial charge in [-0.3, -0.25) is 4.79 Å². The second-order valence-corrected chi connectivity index (χ2v) is 9.12. The first kappa shape index (κ1) is 25.8. The van der Waals surface area contributed by atoms with Crippen LogP contribution in [0.25, 0.3) is 0 Å². The number of anilines is 1. The van der Waals surface area contributed by atoms with Crippen LogP contribution in [-0.4, -0.2) is 37.9 Å². The molecule has 0 radical (unpaired) electrons. The lowest BCUT2D eigenvalue weighted by Crippen LogP contribution is -2.21. The Morgan fingerprint density at radius 2 is 1.77 bits per heavy atom. The van der Waals surface area contributed by atoms with Gasteiger partial charge in [-0.15, -0.1) is 10.2 Å². The summed E-state index contributed by atoms with van der Waals surface area (Å²) < 4.78 is 101. The topological polar surface area (TPSA) is 107 Å². The Labute approximate surface area is 195 Å². The molecular formula is C21H16F5N3O5S. The van der Waals surface area contributed by atoms with Crippen LogP contribution in [-0.2, 0) is 16.0 Å². The number of halogens is 5. The number of sulfone groups is 1. The molecular weight excluding hydrogens is 501 g/mol. The zero-order chi connectivity index (χ0) is 26.1. The first-order valence-corrected chi connectivity index (χ1v) is 11.4. The molecule has 35 heavy (non-hydrogen) atoms. The Morgan fingerprint density at radius 1 is 1.09 bits per heavy atom. The number of carbonyl (C=O) groups excluding carboxylic acids is 1. The highest BCUT2D eigenvalue weighted by atomic mass is 32.2. The fourth-order valence-electron chi connectivity index (χ4n) is 2.99. The summed E-state index contributed by atoms with van der Waals surface area (Å²) >= 11 is 0. The molecule has 0 spiro atoms. The third-order valence-corrected chi connectivity index (χ3v) is 5.74. The van der Waals surface area contributed by atoms with Crippen LogP contribution in [0, 0.1) is 18.6 Å². The van der Waals surface area contributed by atoms with E-state index >= 15 is 0 Å². The van der Waals surface area contributed by atoms with E-state index in [0.29, 0.717) is 6.07 Å². The molecule has 1 N–H and O–H groups in total. The van der Waals surface area contributed by atoms with Crippen molar-refractivity contribution in [2.24, 2.45) is 0 Å². The average molecular weight is 517 g/mol. The summed E-state index contributed by atoms with van der Waals surface area (Å²) in [4.78, 5) is 12.9. The maximum absolute atomic E-state index is 14.1. The van der Waals surface area contributed by atoms with Crippen molar-refractivity contribution in [2.75, 3.05) is 18.7 Å². The monoisotopic (exact) mass is 517 g/mol. The number of benzene rings is 2. The van der Waals surface area contributed by atoms with Crippen LogP contribution in [0.1, 0.15) is 21.6 Å². The molecule has 3 rings (SSSR count). The van der Waals surface area contributed by atoms with Crippen molar-refractivity contribution in [2.45, 2.75) is 18.0 Å². The predicted octanol–water partition coefficient (Wildman–Crippen LogP) is 4.54. The molecule has 14 heteroatoms. The minimum absolute atomic E-state index is 0.0564. The zero-order valence-corrected chi connectivity index (χ0v) is 19.0. The lowest BCUT2D eigenvalue weighted by atomic mass is 10.1. The lowest BCUT2D eigenvalue weighted by molar-refractivity contribution is -0.142. The van der Waals surface area contributed by atoms with E-state index in [1.54, 1.807) is 0 Å². The predicted molar refractivity (Wildman–Crippen MR) is 112 cm³/mol. The van der Waals surface area contributed by atoms with Gasteiger partial charge in [0.05, 0.1) is 12.0 Å². The van der Waals surface area contributed by atoms with Gasteiger partial charge in [0.25, 0.3) is 11.8 Å². The Morgan fingerprint density at radius 3 is 2.37 bits per heavy atom. The Hall–Kier alpha value is -3.81. The summed E-state index contributed by atoms with van der Waals surface area (Å²) in [6.45, 7) is 0.939. The molecule has 3 aromatic rings. The van der Waals surface area contributed by atoms with Crippen molar-refractivity contribution < 1.29 is 44.6 Å². The molecule has 0 bridgehead atoms. The van der Waals surface area contributed by atoms with Crippen LogP contribution < -0.4 is 14.8 Å². The van der Waals surface area contributed by atoms with Gasteiger partial charge in [0.1, 0.15) is 5.56 Å². The van der Waals surface area contributed by atoms with Crippen LogP contribution in [0.5, 0.6) is 17.4 Å². The smallest absolute Gasteiger partial charge is 0.435 e. The van der Waals surface area contributed by atoms with E-state index < -0.39 is 67.8 Å². The number of methoxy groups -OCH3 is 1. The second kappa shape index (κ2) is 9.44. The largest absolute Gasteiger partial charge is 0.490 e. The van der Waals surface area contributed by atoms with Gasteiger partial charge >= 0.3 is 6.18 Å². The molecule has 186 valence electrons. The second-order valence-electron chi connectivity index (χ2n) is 7.10. The van der Waals surface area contributed by atoms with Gasteiger partial charge in [0.2, 0.25) is 11.6 Å². The fraction of sp³-hybridized carbons (Fsp3) is 0.190. The van der Waals surface area contributed by atoms with Gasteiger partial charge in [-0.25, -0.2) is 12.8 Å². The van der Waals surface area contributed by atoms with Crippen LogP contribution in [0.2, 0.25) is 0 Å². The van der Waals surface area contributed by atoms with Gasteiger partial charge in [-0.05, 0) is 42.8 Å². The Balaban J connectivity index is 2.12.